The Bertz CT molecular complexity index is 1140. The highest BCUT2D eigenvalue weighted by atomic mass is 28.3. The van der Waals surface area contributed by atoms with Gasteiger partial charge in [0.2, 0.25) is 0 Å². The number of carbonyl (C=O) groups is 1. The molecule has 11 nitrogen and oxygen atoms in total. The first-order valence-corrected chi connectivity index (χ1v) is 14.7. The number of hydrogen-bond donors (Lipinski definition) is 2. The van der Waals surface area contributed by atoms with Crippen LogP contribution in [0.1, 0.15) is 0 Å². The minimum atomic E-state index is -1.20. The zero-order valence-corrected chi connectivity index (χ0v) is 20.2. The Morgan fingerprint density at radius 3 is 2.61 bits per heavy atom. The van der Waals surface area contributed by atoms with Crippen LogP contribution in [0.25, 0.3) is 22.3 Å². The van der Waals surface area contributed by atoms with Crippen LogP contribution in [0.15, 0.2) is 24.7 Å². The highest BCUT2D eigenvalue weighted by Gasteiger charge is 2.26. The number of carboxylic acid groups (broad SMARTS) is 1. The number of piperazine rings is 1. The fourth-order valence-corrected chi connectivity index (χ4v) is 4.52. The van der Waals surface area contributed by atoms with Crippen LogP contribution in [0.2, 0.25) is 25.7 Å². The number of fused-ring (bicyclic) bond motifs is 1. The molecule has 0 spiro atoms. The van der Waals surface area contributed by atoms with Gasteiger partial charge in [0.05, 0.1) is 5.39 Å². The number of anilines is 2. The van der Waals surface area contributed by atoms with E-state index in [-0.39, 0.29) is 6.73 Å². The SMILES string of the molecule is C[Si](C)(C)CCOCn1nc(-c2ccnc(N)c2)c2c(N3CCN(C(=O)O)CC3)ncnc21. The smallest absolute Gasteiger partial charge is 0.407 e. The summed E-state index contributed by atoms with van der Waals surface area (Å²) in [5.41, 5.74) is 8.12. The molecule has 4 heterocycles. The van der Waals surface area contributed by atoms with Crippen molar-refractivity contribution in [3.8, 4) is 11.3 Å². The Labute approximate surface area is 193 Å². The minimum Gasteiger partial charge on any atom is -0.465 e. The van der Waals surface area contributed by atoms with Crippen LogP contribution in [0.3, 0.4) is 0 Å². The van der Waals surface area contributed by atoms with Gasteiger partial charge in [0.1, 0.15) is 30.4 Å². The molecule has 3 aromatic heterocycles. The van der Waals surface area contributed by atoms with E-state index in [9.17, 15) is 9.90 Å². The van der Waals surface area contributed by atoms with Gasteiger partial charge in [-0.05, 0) is 18.2 Å². The second-order valence-corrected chi connectivity index (χ2v) is 14.9. The monoisotopic (exact) mass is 470 g/mol. The Morgan fingerprint density at radius 1 is 1.18 bits per heavy atom. The average Bonchev–Trinajstić information content (AvgIpc) is 3.15. The molecule has 3 N–H and O–H groups in total. The number of amides is 1. The maximum atomic E-state index is 11.3. The van der Waals surface area contributed by atoms with Gasteiger partial charge in [0, 0.05) is 52.6 Å². The second kappa shape index (κ2) is 9.31. The Balaban J connectivity index is 1.70. The van der Waals surface area contributed by atoms with Crippen molar-refractivity contribution in [3.05, 3.63) is 24.7 Å². The van der Waals surface area contributed by atoms with Gasteiger partial charge < -0.3 is 25.4 Å². The summed E-state index contributed by atoms with van der Waals surface area (Å²) in [6.07, 6.45) is 2.26. The van der Waals surface area contributed by atoms with Crippen LogP contribution in [0, 0.1) is 0 Å². The van der Waals surface area contributed by atoms with Crippen LogP contribution in [0.4, 0.5) is 16.4 Å². The summed E-state index contributed by atoms with van der Waals surface area (Å²) >= 11 is 0. The van der Waals surface area contributed by atoms with Crippen molar-refractivity contribution in [2.75, 3.05) is 43.4 Å². The zero-order chi connectivity index (χ0) is 23.6. The second-order valence-electron chi connectivity index (χ2n) is 9.32. The summed E-state index contributed by atoms with van der Waals surface area (Å²) in [6, 6.07) is 4.69. The van der Waals surface area contributed by atoms with E-state index in [4.69, 9.17) is 15.6 Å². The molecule has 1 aliphatic rings. The van der Waals surface area contributed by atoms with Gasteiger partial charge in [-0.2, -0.15) is 5.10 Å². The van der Waals surface area contributed by atoms with Gasteiger partial charge in [-0.3, -0.25) is 0 Å². The molecule has 176 valence electrons. The molecular formula is C21H30N8O3Si. The van der Waals surface area contributed by atoms with Crippen LogP contribution in [0.5, 0.6) is 0 Å². The molecule has 3 aromatic rings. The third kappa shape index (κ3) is 5.22. The number of hydrogen-bond acceptors (Lipinski definition) is 8. The molecule has 1 saturated heterocycles. The molecule has 0 aliphatic carbocycles. The summed E-state index contributed by atoms with van der Waals surface area (Å²) in [5, 5.41) is 14.9. The van der Waals surface area contributed by atoms with E-state index in [1.54, 1.807) is 16.9 Å². The third-order valence-electron chi connectivity index (χ3n) is 5.62. The molecule has 4 rings (SSSR count). The first-order valence-electron chi connectivity index (χ1n) is 11.0. The fraction of sp³-hybridized carbons (Fsp3) is 0.476. The van der Waals surface area contributed by atoms with Gasteiger partial charge >= 0.3 is 6.09 Å². The molecule has 12 heteroatoms. The molecule has 0 radical (unpaired) electrons. The van der Waals surface area contributed by atoms with Gasteiger partial charge in [0.25, 0.3) is 0 Å². The van der Waals surface area contributed by atoms with Crippen LogP contribution in [-0.2, 0) is 11.5 Å². The minimum absolute atomic E-state index is 0.283. The van der Waals surface area contributed by atoms with E-state index in [0.717, 1.165) is 22.8 Å². The summed E-state index contributed by atoms with van der Waals surface area (Å²) in [6.45, 7) is 9.79. The zero-order valence-electron chi connectivity index (χ0n) is 19.2. The van der Waals surface area contributed by atoms with Gasteiger partial charge in [0.15, 0.2) is 5.65 Å². The van der Waals surface area contributed by atoms with E-state index in [1.807, 2.05) is 6.07 Å². The fourth-order valence-electron chi connectivity index (χ4n) is 3.76. The van der Waals surface area contributed by atoms with Crippen molar-refractivity contribution in [3.63, 3.8) is 0 Å². The number of ether oxygens (including phenoxy) is 1. The first-order chi connectivity index (χ1) is 15.7. The summed E-state index contributed by atoms with van der Waals surface area (Å²) in [7, 11) is -1.20. The lowest BCUT2D eigenvalue weighted by atomic mass is 10.1. The third-order valence-corrected chi connectivity index (χ3v) is 7.33. The Kier molecular flexibility index (Phi) is 6.47. The van der Waals surface area contributed by atoms with E-state index >= 15 is 0 Å². The van der Waals surface area contributed by atoms with Gasteiger partial charge in [-0.15, -0.1) is 0 Å². The predicted molar refractivity (Wildman–Crippen MR) is 129 cm³/mol. The molecular weight excluding hydrogens is 440 g/mol. The van der Waals surface area contributed by atoms with Crippen molar-refractivity contribution >= 4 is 36.8 Å². The number of aromatic nitrogens is 5. The number of pyridine rings is 1. The van der Waals surface area contributed by atoms with Crippen LogP contribution < -0.4 is 10.6 Å². The number of nitrogen functional groups attached to an aromatic ring is 1. The average molecular weight is 471 g/mol. The largest absolute Gasteiger partial charge is 0.465 e. The molecule has 0 aromatic carbocycles. The number of nitrogens with two attached hydrogens (primary N) is 1. The lowest BCUT2D eigenvalue weighted by molar-refractivity contribution is 0.0814. The first kappa shape index (κ1) is 22.9. The molecule has 0 atom stereocenters. The molecule has 33 heavy (non-hydrogen) atoms. The van der Waals surface area contributed by atoms with Crippen molar-refractivity contribution in [1.82, 2.24) is 29.6 Å². The highest BCUT2D eigenvalue weighted by Crippen LogP contribution is 2.34. The number of rotatable bonds is 7. The molecule has 0 unspecified atom stereocenters. The van der Waals surface area contributed by atoms with E-state index < -0.39 is 14.2 Å². The molecule has 1 amide bonds. The van der Waals surface area contributed by atoms with E-state index in [2.05, 4.69) is 39.5 Å². The number of nitrogens with zero attached hydrogens (tertiary/aromatic N) is 7. The van der Waals surface area contributed by atoms with Crippen LogP contribution >= 0.6 is 0 Å². The summed E-state index contributed by atoms with van der Waals surface area (Å²) in [5.74, 6) is 1.12. The highest BCUT2D eigenvalue weighted by molar-refractivity contribution is 6.76. The summed E-state index contributed by atoms with van der Waals surface area (Å²) in [4.78, 5) is 28.0. The summed E-state index contributed by atoms with van der Waals surface area (Å²) < 4.78 is 7.71. The quantitative estimate of drug-likeness (QED) is 0.394. The Morgan fingerprint density at radius 2 is 1.94 bits per heavy atom. The van der Waals surface area contributed by atoms with Gasteiger partial charge in [-0.25, -0.2) is 24.4 Å². The van der Waals surface area contributed by atoms with E-state index in [0.29, 0.717) is 49.9 Å². The lowest BCUT2D eigenvalue weighted by Crippen LogP contribution is -2.48. The lowest BCUT2D eigenvalue weighted by Gasteiger charge is -2.34. The maximum absolute atomic E-state index is 11.3. The van der Waals surface area contributed by atoms with Crippen molar-refractivity contribution in [2.24, 2.45) is 0 Å². The van der Waals surface area contributed by atoms with Gasteiger partial charge in [-0.1, -0.05) is 19.6 Å². The standard InChI is InChI=1S/C21H30N8O3Si/c1-33(2,3)11-10-32-14-29-20-17(18(26-29)15-4-5-23-16(22)12-15)19(24-13-25-20)27-6-8-28(9-7-27)21(30)31/h4-5,12-13H,6-11,14H2,1-3H3,(H2,22,23)(H,30,31). The van der Waals surface area contributed by atoms with E-state index in [1.165, 1.54) is 11.2 Å². The van der Waals surface area contributed by atoms with Crippen molar-refractivity contribution in [2.45, 2.75) is 32.4 Å². The normalized spacial score (nSPS) is 14.8. The predicted octanol–water partition coefficient (Wildman–Crippen LogP) is 2.58. The topological polar surface area (TPSA) is 136 Å². The van der Waals surface area contributed by atoms with Crippen molar-refractivity contribution < 1.29 is 14.6 Å². The molecule has 0 saturated carbocycles. The molecule has 0 bridgehead atoms. The molecule has 1 aliphatic heterocycles. The maximum Gasteiger partial charge on any atom is 0.407 e. The van der Waals surface area contributed by atoms with Crippen LogP contribution in [-0.4, -0.2) is 81.7 Å². The Hall–Kier alpha value is -3.25. The molecule has 1 fully saturated rings. The van der Waals surface area contributed by atoms with Crippen molar-refractivity contribution in [1.29, 1.82) is 0 Å².